The van der Waals surface area contributed by atoms with Crippen LogP contribution in [0.5, 0.6) is 0 Å². The molecule has 19 heavy (non-hydrogen) atoms. The summed E-state index contributed by atoms with van der Waals surface area (Å²) >= 11 is 1.81. The van der Waals surface area contributed by atoms with Gasteiger partial charge >= 0.3 is 0 Å². The number of benzene rings is 1. The molecule has 0 radical (unpaired) electrons. The Balaban J connectivity index is 1.80. The SMILES string of the molecule is CC(=O)Nc1ccc(SCC(N)C2CCCC2)cc1. The lowest BCUT2D eigenvalue weighted by Gasteiger charge is -2.18. The number of carbonyl (C=O) groups is 1. The Hall–Kier alpha value is -1.00. The first kappa shape index (κ1) is 14.4. The van der Waals surface area contributed by atoms with Crippen LogP contribution in [0.1, 0.15) is 32.6 Å². The summed E-state index contributed by atoms with van der Waals surface area (Å²) in [4.78, 5) is 12.1. The van der Waals surface area contributed by atoms with Gasteiger partial charge in [-0.3, -0.25) is 4.79 Å². The molecule has 0 heterocycles. The van der Waals surface area contributed by atoms with E-state index in [-0.39, 0.29) is 5.91 Å². The van der Waals surface area contributed by atoms with E-state index in [2.05, 4.69) is 5.32 Å². The fourth-order valence-corrected chi connectivity index (χ4v) is 3.54. The molecule has 0 spiro atoms. The molecule has 1 fully saturated rings. The van der Waals surface area contributed by atoms with Gasteiger partial charge in [-0.25, -0.2) is 0 Å². The van der Waals surface area contributed by atoms with Crippen LogP contribution in [-0.2, 0) is 4.79 Å². The Kier molecular flexibility index (Phi) is 5.28. The average molecular weight is 278 g/mol. The predicted molar refractivity (Wildman–Crippen MR) is 81.4 cm³/mol. The first-order valence-electron chi connectivity index (χ1n) is 6.91. The Bertz CT molecular complexity index is 413. The third kappa shape index (κ3) is 4.55. The number of hydrogen-bond donors (Lipinski definition) is 2. The summed E-state index contributed by atoms with van der Waals surface area (Å²) in [5, 5.41) is 2.77. The quantitative estimate of drug-likeness (QED) is 0.813. The molecule has 1 saturated carbocycles. The van der Waals surface area contributed by atoms with Crippen molar-refractivity contribution in [2.45, 2.75) is 43.5 Å². The van der Waals surface area contributed by atoms with Crippen LogP contribution in [0.25, 0.3) is 0 Å². The molecule has 1 unspecified atom stereocenters. The van der Waals surface area contributed by atoms with E-state index >= 15 is 0 Å². The minimum Gasteiger partial charge on any atom is -0.327 e. The topological polar surface area (TPSA) is 55.1 Å². The Labute approximate surface area is 119 Å². The van der Waals surface area contributed by atoms with Gasteiger partial charge in [0.15, 0.2) is 0 Å². The summed E-state index contributed by atoms with van der Waals surface area (Å²) in [7, 11) is 0. The highest BCUT2D eigenvalue weighted by molar-refractivity contribution is 7.99. The van der Waals surface area contributed by atoms with Crippen LogP contribution in [0, 0.1) is 5.92 Å². The maximum Gasteiger partial charge on any atom is 0.221 e. The van der Waals surface area contributed by atoms with Crippen molar-refractivity contribution in [1.29, 1.82) is 0 Å². The van der Waals surface area contributed by atoms with Crippen LogP contribution in [0.4, 0.5) is 5.69 Å². The second kappa shape index (κ2) is 6.96. The van der Waals surface area contributed by atoms with Gasteiger partial charge in [0.2, 0.25) is 5.91 Å². The standard InChI is InChI=1S/C15H22N2OS/c1-11(18)17-13-6-8-14(9-7-13)19-10-15(16)12-4-2-3-5-12/h6-9,12,15H,2-5,10,16H2,1H3,(H,17,18). The smallest absolute Gasteiger partial charge is 0.221 e. The van der Waals surface area contributed by atoms with E-state index < -0.39 is 0 Å². The predicted octanol–water partition coefficient (Wildman–Crippen LogP) is 3.25. The van der Waals surface area contributed by atoms with Crippen molar-refractivity contribution in [1.82, 2.24) is 0 Å². The molecule has 104 valence electrons. The third-order valence-corrected chi connectivity index (χ3v) is 4.78. The maximum absolute atomic E-state index is 10.9. The van der Waals surface area contributed by atoms with Crippen molar-refractivity contribution < 1.29 is 4.79 Å². The van der Waals surface area contributed by atoms with Crippen molar-refractivity contribution in [2.75, 3.05) is 11.1 Å². The second-order valence-corrected chi connectivity index (χ2v) is 6.32. The zero-order chi connectivity index (χ0) is 13.7. The molecular formula is C15H22N2OS. The van der Waals surface area contributed by atoms with Crippen LogP contribution in [0.2, 0.25) is 0 Å². The number of nitrogens with one attached hydrogen (secondary N) is 1. The maximum atomic E-state index is 10.9. The lowest BCUT2D eigenvalue weighted by molar-refractivity contribution is -0.114. The molecule has 1 aliphatic rings. The fraction of sp³-hybridized carbons (Fsp3) is 0.533. The summed E-state index contributed by atoms with van der Waals surface area (Å²) < 4.78 is 0. The van der Waals surface area contributed by atoms with Crippen molar-refractivity contribution in [3.8, 4) is 0 Å². The molecule has 2 rings (SSSR count). The molecule has 4 heteroatoms. The van der Waals surface area contributed by atoms with Crippen LogP contribution in [0.3, 0.4) is 0 Å². The van der Waals surface area contributed by atoms with E-state index in [0.29, 0.717) is 12.0 Å². The van der Waals surface area contributed by atoms with Gasteiger partial charge in [-0.05, 0) is 43.0 Å². The van der Waals surface area contributed by atoms with Gasteiger partial charge in [-0.15, -0.1) is 11.8 Å². The highest BCUT2D eigenvalue weighted by Gasteiger charge is 2.21. The normalized spacial score (nSPS) is 17.4. The van der Waals surface area contributed by atoms with Gasteiger partial charge in [0.25, 0.3) is 0 Å². The van der Waals surface area contributed by atoms with Crippen LogP contribution >= 0.6 is 11.8 Å². The fourth-order valence-electron chi connectivity index (χ4n) is 2.55. The van der Waals surface area contributed by atoms with Crippen LogP contribution < -0.4 is 11.1 Å². The van der Waals surface area contributed by atoms with Gasteiger partial charge in [-0.2, -0.15) is 0 Å². The molecule has 1 aromatic rings. The number of rotatable bonds is 5. The molecule has 1 aromatic carbocycles. The largest absolute Gasteiger partial charge is 0.327 e. The number of nitrogens with two attached hydrogens (primary N) is 1. The number of anilines is 1. The van der Waals surface area contributed by atoms with E-state index in [1.807, 2.05) is 24.3 Å². The molecule has 0 aliphatic heterocycles. The molecule has 3 nitrogen and oxygen atoms in total. The van der Waals surface area contributed by atoms with E-state index in [0.717, 1.165) is 11.4 Å². The van der Waals surface area contributed by atoms with E-state index in [9.17, 15) is 4.79 Å². The highest BCUT2D eigenvalue weighted by atomic mass is 32.2. The molecule has 1 aliphatic carbocycles. The van der Waals surface area contributed by atoms with Crippen molar-refractivity contribution in [2.24, 2.45) is 11.7 Å². The molecule has 3 N–H and O–H groups in total. The van der Waals surface area contributed by atoms with Crippen LogP contribution in [0.15, 0.2) is 29.2 Å². The summed E-state index contributed by atoms with van der Waals surface area (Å²) in [6.45, 7) is 1.52. The minimum atomic E-state index is -0.0383. The summed E-state index contributed by atoms with van der Waals surface area (Å²) in [6, 6.07) is 8.26. The van der Waals surface area contributed by atoms with Gasteiger partial charge in [0, 0.05) is 29.3 Å². The van der Waals surface area contributed by atoms with Crippen molar-refractivity contribution >= 4 is 23.4 Å². The lowest BCUT2D eigenvalue weighted by atomic mass is 10.0. The highest BCUT2D eigenvalue weighted by Crippen LogP contribution is 2.30. The molecule has 1 atom stereocenters. The van der Waals surface area contributed by atoms with E-state index in [4.69, 9.17) is 5.73 Å². The zero-order valence-corrected chi connectivity index (χ0v) is 12.2. The number of amides is 1. The summed E-state index contributed by atoms with van der Waals surface area (Å²) in [5.41, 5.74) is 7.09. The lowest BCUT2D eigenvalue weighted by Crippen LogP contribution is -2.30. The molecule has 0 bridgehead atoms. The Morgan fingerprint density at radius 1 is 1.37 bits per heavy atom. The number of thioether (sulfide) groups is 1. The third-order valence-electron chi connectivity index (χ3n) is 3.62. The van der Waals surface area contributed by atoms with Crippen molar-refractivity contribution in [3.63, 3.8) is 0 Å². The summed E-state index contributed by atoms with van der Waals surface area (Å²) in [5.74, 6) is 1.65. The van der Waals surface area contributed by atoms with E-state index in [1.165, 1.54) is 37.5 Å². The van der Waals surface area contributed by atoms with Crippen molar-refractivity contribution in [3.05, 3.63) is 24.3 Å². The molecule has 0 aromatic heterocycles. The van der Waals surface area contributed by atoms with Gasteiger partial charge < -0.3 is 11.1 Å². The Morgan fingerprint density at radius 2 is 2.00 bits per heavy atom. The van der Waals surface area contributed by atoms with Gasteiger partial charge in [0.05, 0.1) is 0 Å². The summed E-state index contributed by atoms with van der Waals surface area (Å²) in [6.07, 6.45) is 5.27. The molecule has 0 saturated heterocycles. The van der Waals surface area contributed by atoms with Crippen LogP contribution in [-0.4, -0.2) is 17.7 Å². The second-order valence-electron chi connectivity index (χ2n) is 5.22. The first-order chi connectivity index (χ1) is 9.15. The average Bonchev–Trinajstić information content (AvgIpc) is 2.91. The monoisotopic (exact) mass is 278 g/mol. The Morgan fingerprint density at radius 3 is 2.58 bits per heavy atom. The van der Waals surface area contributed by atoms with E-state index in [1.54, 1.807) is 11.8 Å². The zero-order valence-electron chi connectivity index (χ0n) is 11.4. The minimum absolute atomic E-state index is 0.0383. The molecular weight excluding hydrogens is 256 g/mol. The number of hydrogen-bond acceptors (Lipinski definition) is 3. The molecule has 1 amide bonds. The first-order valence-corrected chi connectivity index (χ1v) is 7.90. The van der Waals surface area contributed by atoms with Gasteiger partial charge in [0.1, 0.15) is 0 Å². The van der Waals surface area contributed by atoms with Gasteiger partial charge in [-0.1, -0.05) is 12.8 Å². The number of carbonyl (C=O) groups excluding carboxylic acids is 1.